The Kier molecular flexibility index (Phi) is 7.59. The molecule has 1 saturated heterocycles. The highest BCUT2D eigenvalue weighted by Gasteiger charge is 2.31. The average Bonchev–Trinajstić information content (AvgIpc) is 2.73. The van der Waals surface area contributed by atoms with Crippen LogP contribution in [0.2, 0.25) is 0 Å². The lowest BCUT2D eigenvalue weighted by atomic mass is 9.88. The molecule has 0 N–H and O–H groups in total. The van der Waals surface area contributed by atoms with Crippen molar-refractivity contribution in [3.05, 3.63) is 59.7 Å². The van der Waals surface area contributed by atoms with Gasteiger partial charge in [-0.1, -0.05) is 26.0 Å². The number of benzene rings is 2. The minimum Gasteiger partial charge on any atom is -0.493 e. The molecule has 0 amide bonds. The van der Waals surface area contributed by atoms with E-state index in [1.54, 1.807) is 0 Å². The summed E-state index contributed by atoms with van der Waals surface area (Å²) in [5.74, 6) is 0.894. The van der Waals surface area contributed by atoms with Gasteiger partial charge in [-0.3, -0.25) is 9.69 Å². The van der Waals surface area contributed by atoms with Crippen LogP contribution in [-0.2, 0) is 6.54 Å². The van der Waals surface area contributed by atoms with Gasteiger partial charge in [0.05, 0.1) is 6.61 Å². The molecule has 7 heteroatoms. The lowest BCUT2D eigenvalue weighted by molar-refractivity contribution is -0.274. The minimum absolute atomic E-state index is 0.0233. The fraction of sp³-hybridized carbons (Fsp3) is 0.458. The van der Waals surface area contributed by atoms with Crippen molar-refractivity contribution in [2.24, 2.45) is 11.8 Å². The largest absolute Gasteiger partial charge is 0.573 e. The van der Waals surface area contributed by atoms with Gasteiger partial charge in [0.25, 0.3) is 0 Å². The number of ketones is 1. The average molecular weight is 435 g/mol. The number of carbonyl (C=O) groups is 1. The second-order valence-electron chi connectivity index (χ2n) is 8.34. The number of nitrogens with zero attached hydrogens (tertiary/aromatic N) is 1. The van der Waals surface area contributed by atoms with E-state index in [0.717, 1.165) is 38.2 Å². The van der Waals surface area contributed by atoms with Gasteiger partial charge in [0.2, 0.25) is 0 Å². The topological polar surface area (TPSA) is 38.8 Å². The molecular weight excluding hydrogens is 407 g/mol. The Morgan fingerprint density at radius 1 is 1.00 bits per heavy atom. The van der Waals surface area contributed by atoms with Crippen LogP contribution in [0.1, 0.15) is 42.6 Å². The fourth-order valence-corrected chi connectivity index (χ4v) is 3.62. The Bertz CT molecular complexity index is 840. The summed E-state index contributed by atoms with van der Waals surface area (Å²) in [4.78, 5) is 15.0. The van der Waals surface area contributed by atoms with Crippen LogP contribution in [0.5, 0.6) is 11.5 Å². The normalized spacial score (nSPS) is 15.8. The maximum absolute atomic E-state index is 12.7. The highest BCUT2D eigenvalue weighted by atomic mass is 19.4. The number of alkyl halides is 3. The summed E-state index contributed by atoms with van der Waals surface area (Å²) in [5.41, 5.74) is 1.62. The van der Waals surface area contributed by atoms with Crippen LogP contribution >= 0.6 is 0 Å². The third kappa shape index (κ3) is 7.28. The Morgan fingerprint density at radius 3 is 2.13 bits per heavy atom. The zero-order valence-electron chi connectivity index (χ0n) is 17.8. The molecule has 0 bridgehead atoms. The predicted octanol–water partition coefficient (Wildman–Crippen LogP) is 5.71. The van der Waals surface area contributed by atoms with Gasteiger partial charge in [0.1, 0.15) is 11.5 Å². The van der Waals surface area contributed by atoms with Gasteiger partial charge < -0.3 is 9.47 Å². The number of halogens is 3. The van der Waals surface area contributed by atoms with Crippen molar-refractivity contribution in [1.82, 2.24) is 4.90 Å². The van der Waals surface area contributed by atoms with Gasteiger partial charge in [0.15, 0.2) is 5.78 Å². The van der Waals surface area contributed by atoms with E-state index in [9.17, 15) is 18.0 Å². The van der Waals surface area contributed by atoms with Crippen molar-refractivity contribution in [3.8, 4) is 11.5 Å². The molecule has 1 aliphatic heterocycles. The first-order chi connectivity index (χ1) is 14.7. The van der Waals surface area contributed by atoms with E-state index in [-0.39, 0.29) is 17.5 Å². The molecule has 0 aliphatic carbocycles. The lowest BCUT2D eigenvalue weighted by Crippen LogP contribution is -2.35. The van der Waals surface area contributed by atoms with E-state index in [2.05, 4.69) is 35.6 Å². The number of likely N-dealkylation sites (tertiary alicyclic amines) is 1. The number of rotatable bonds is 8. The number of ether oxygens (including phenoxy) is 2. The SMILES string of the molecule is CC(C)COc1ccc(CN2CCC(C(=O)c3ccc(OC(F)(F)F)cc3)CC2)cc1. The molecule has 1 fully saturated rings. The van der Waals surface area contributed by atoms with Crippen molar-refractivity contribution in [1.29, 1.82) is 0 Å². The summed E-state index contributed by atoms with van der Waals surface area (Å²) >= 11 is 0. The summed E-state index contributed by atoms with van der Waals surface area (Å²) in [5, 5.41) is 0. The summed E-state index contributed by atoms with van der Waals surface area (Å²) in [6, 6.07) is 13.3. The maximum Gasteiger partial charge on any atom is 0.573 e. The summed E-state index contributed by atoms with van der Waals surface area (Å²) in [6.07, 6.45) is -3.27. The first-order valence-corrected chi connectivity index (χ1v) is 10.5. The van der Waals surface area contributed by atoms with Crippen molar-refractivity contribution >= 4 is 5.78 Å². The predicted molar refractivity (Wildman–Crippen MR) is 112 cm³/mol. The van der Waals surface area contributed by atoms with E-state index < -0.39 is 6.36 Å². The van der Waals surface area contributed by atoms with E-state index in [1.807, 2.05) is 12.1 Å². The first-order valence-electron chi connectivity index (χ1n) is 10.5. The molecule has 3 rings (SSSR count). The van der Waals surface area contributed by atoms with Crippen molar-refractivity contribution in [2.75, 3.05) is 19.7 Å². The van der Waals surface area contributed by atoms with Gasteiger partial charge in [0, 0.05) is 18.0 Å². The van der Waals surface area contributed by atoms with Gasteiger partial charge in [-0.15, -0.1) is 13.2 Å². The van der Waals surface area contributed by atoms with Crippen LogP contribution in [0.15, 0.2) is 48.5 Å². The van der Waals surface area contributed by atoms with Crippen LogP contribution in [0.3, 0.4) is 0 Å². The highest BCUT2D eigenvalue weighted by molar-refractivity contribution is 5.98. The van der Waals surface area contributed by atoms with Crippen LogP contribution < -0.4 is 9.47 Å². The molecule has 31 heavy (non-hydrogen) atoms. The van der Waals surface area contributed by atoms with Gasteiger partial charge in [-0.2, -0.15) is 0 Å². The Labute approximate surface area is 181 Å². The molecule has 2 aromatic carbocycles. The Morgan fingerprint density at radius 2 is 1.58 bits per heavy atom. The van der Waals surface area contributed by atoms with E-state index in [0.29, 0.717) is 18.1 Å². The minimum atomic E-state index is -4.74. The lowest BCUT2D eigenvalue weighted by Gasteiger charge is -2.31. The smallest absolute Gasteiger partial charge is 0.493 e. The summed E-state index contributed by atoms with van der Waals surface area (Å²) < 4.78 is 46.4. The monoisotopic (exact) mass is 435 g/mol. The molecule has 0 saturated carbocycles. The summed E-state index contributed by atoms with van der Waals surface area (Å²) in [7, 11) is 0. The molecule has 1 aliphatic rings. The Hall–Kier alpha value is -2.54. The second kappa shape index (κ2) is 10.2. The summed E-state index contributed by atoms with van der Waals surface area (Å²) in [6.45, 7) is 7.34. The van der Waals surface area contributed by atoms with E-state index in [1.165, 1.54) is 29.8 Å². The quantitative estimate of drug-likeness (QED) is 0.498. The van der Waals surface area contributed by atoms with Crippen molar-refractivity contribution in [3.63, 3.8) is 0 Å². The zero-order chi connectivity index (χ0) is 22.4. The third-order valence-electron chi connectivity index (χ3n) is 5.24. The standard InChI is InChI=1S/C24H28F3NO3/c1-17(2)16-30-21-7-3-18(4-8-21)15-28-13-11-20(12-14-28)23(29)19-5-9-22(10-6-19)31-24(25,26)27/h3-10,17,20H,11-16H2,1-2H3. The molecule has 168 valence electrons. The molecule has 1 heterocycles. The number of hydrogen-bond acceptors (Lipinski definition) is 4. The van der Waals surface area contributed by atoms with Crippen LogP contribution in [0.4, 0.5) is 13.2 Å². The molecule has 0 radical (unpaired) electrons. The number of piperidine rings is 1. The van der Waals surface area contributed by atoms with E-state index in [4.69, 9.17) is 4.74 Å². The zero-order valence-corrected chi connectivity index (χ0v) is 17.8. The molecule has 2 aromatic rings. The molecule has 0 spiro atoms. The molecule has 0 unspecified atom stereocenters. The van der Waals surface area contributed by atoms with E-state index >= 15 is 0 Å². The first kappa shape index (κ1) is 23.1. The number of hydrogen-bond donors (Lipinski definition) is 0. The fourth-order valence-electron chi connectivity index (χ4n) is 3.62. The van der Waals surface area contributed by atoms with Crippen molar-refractivity contribution in [2.45, 2.75) is 39.6 Å². The van der Waals surface area contributed by atoms with Gasteiger partial charge >= 0.3 is 6.36 Å². The van der Waals surface area contributed by atoms with Crippen molar-refractivity contribution < 1.29 is 27.4 Å². The van der Waals surface area contributed by atoms with Crippen LogP contribution in [-0.4, -0.2) is 36.7 Å². The second-order valence-corrected chi connectivity index (χ2v) is 8.34. The van der Waals surface area contributed by atoms with Crippen LogP contribution in [0.25, 0.3) is 0 Å². The van der Waals surface area contributed by atoms with Crippen LogP contribution in [0, 0.1) is 11.8 Å². The molecular formula is C24H28F3NO3. The van der Waals surface area contributed by atoms with Gasteiger partial charge in [-0.05, 0) is 73.8 Å². The third-order valence-corrected chi connectivity index (χ3v) is 5.24. The highest BCUT2D eigenvalue weighted by Crippen LogP contribution is 2.26. The molecule has 0 atom stereocenters. The molecule has 4 nitrogen and oxygen atoms in total. The number of carbonyl (C=O) groups excluding carboxylic acids is 1. The number of Topliss-reactive ketones (excluding diaryl/α,β-unsaturated/α-hetero) is 1. The Balaban J connectivity index is 1.47. The molecule has 0 aromatic heterocycles. The van der Waals surface area contributed by atoms with Gasteiger partial charge in [-0.25, -0.2) is 0 Å². The maximum atomic E-state index is 12.7.